The Bertz CT molecular complexity index is 1560. The molecule has 194 valence electrons. The quantitative estimate of drug-likeness (QED) is 0.258. The third-order valence-corrected chi connectivity index (χ3v) is 8.63. The summed E-state index contributed by atoms with van der Waals surface area (Å²) >= 11 is 0. The minimum atomic E-state index is -3.58. The van der Waals surface area contributed by atoms with E-state index in [0.29, 0.717) is 12.4 Å². The van der Waals surface area contributed by atoms with E-state index in [0.717, 1.165) is 48.0 Å². The summed E-state index contributed by atoms with van der Waals surface area (Å²) in [6.45, 7) is 1.25. The molecule has 0 aliphatic carbocycles. The highest BCUT2D eigenvalue weighted by molar-refractivity contribution is 7.91. The molecule has 0 atom stereocenters. The maximum Gasteiger partial charge on any atom is 0.206 e. The van der Waals surface area contributed by atoms with Gasteiger partial charge in [0.2, 0.25) is 9.84 Å². The molecule has 0 unspecified atom stereocenters. The first-order chi connectivity index (χ1) is 17.7. The predicted octanol–water partition coefficient (Wildman–Crippen LogP) is 4.16. The maximum absolute atomic E-state index is 12.8. The number of benzene rings is 3. The molecule has 4 aromatic rings. The van der Waals surface area contributed by atoms with E-state index in [-0.39, 0.29) is 15.5 Å². The van der Waals surface area contributed by atoms with Gasteiger partial charge in [-0.05, 0) is 79.9 Å². The number of unbranched alkanes of at least 4 members (excludes halogenated alkanes) is 1. The van der Waals surface area contributed by atoms with Crippen LogP contribution in [0.1, 0.15) is 18.4 Å². The summed E-state index contributed by atoms with van der Waals surface area (Å²) in [4.78, 5) is 9.26. The van der Waals surface area contributed by atoms with Gasteiger partial charge in [-0.15, -0.1) is 0 Å². The van der Waals surface area contributed by atoms with Gasteiger partial charge in [-0.2, -0.15) is 0 Å². The van der Waals surface area contributed by atoms with Crippen molar-refractivity contribution in [2.24, 2.45) is 0 Å². The van der Waals surface area contributed by atoms with Crippen molar-refractivity contribution in [1.29, 1.82) is 0 Å². The van der Waals surface area contributed by atoms with Gasteiger partial charge < -0.3 is 10.6 Å². The Morgan fingerprint density at radius 2 is 1.51 bits per heavy atom. The van der Waals surface area contributed by atoms with Crippen molar-refractivity contribution in [2.45, 2.75) is 29.1 Å². The number of aryl methyl sites for hydroxylation is 1. The lowest BCUT2D eigenvalue weighted by Gasteiger charge is -2.11. The van der Waals surface area contributed by atoms with Crippen molar-refractivity contribution < 1.29 is 16.8 Å². The topological polar surface area (TPSA) is 118 Å². The van der Waals surface area contributed by atoms with Crippen LogP contribution in [0.15, 0.2) is 88.9 Å². The van der Waals surface area contributed by atoms with Gasteiger partial charge in [0.05, 0.1) is 21.1 Å². The number of anilines is 2. The van der Waals surface area contributed by atoms with Crippen LogP contribution in [-0.4, -0.2) is 51.9 Å². The zero-order valence-corrected chi connectivity index (χ0v) is 22.2. The largest absolute Gasteiger partial charge is 0.340 e. The normalized spacial score (nSPS) is 12.0. The van der Waals surface area contributed by atoms with Gasteiger partial charge in [-0.3, -0.25) is 0 Å². The molecule has 0 spiro atoms. The van der Waals surface area contributed by atoms with Crippen LogP contribution in [0.25, 0.3) is 10.9 Å². The number of fused-ring (bicyclic) bond motifs is 1. The van der Waals surface area contributed by atoms with Crippen LogP contribution in [-0.2, 0) is 26.1 Å². The first-order valence-corrected chi connectivity index (χ1v) is 15.6. The van der Waals surface area contributed by atoms with Crippen LogP contribution >= 0.6 is 0 Å². The van der Waals surface area contributed by atoms with E-state index >= 15 is 0 Å². The first-order valence-electron chi connectivity index (χ1n) is 12.0. The van der Waals surface area contributed by atoms with Crippen molar-refractivity contribution in [3.05, 3.63) is 84.7 Å². The van der Waals surface area contributed by atoms with Crippen molar-refractivity contribution in [3.8, 4) is 0 Å². The van der Waals surface area contributed by atoms with Gasteiger partial charge in [0.15, 0.2) is 0 Å². The van der Waals surface area contributed by atoms with Crippen LogP contribution in [0.5, 0.6) is 0 Å². The highest BCUT2D eigenvalue weighted by Crippen LogP contribution is 2.27. The number of hydrogen-bond donors (Lipinski definition) is 2. The molecule has 0 aliphatic rings. The third kappa shape index (κ3) is 7.34. The second kappa shape index (κ2) is 11.8. The Labute approximate surface area is 218 Å². The number of aromatic nitrogens is 2. The zero-order valence-electron chi connectivity index (χ0n) is 20.6. The Morgan fingerprint density at radius 3 is 2.24 bits per heavy atom. The lowest BCUT2D eigenvalue weighted by atomic mass is 10.1. The van der Waals surface area contributed by atoms with Crippen LogP contribution in [0.2, 0.25) is 0 Å². The number of hydrogen-bond acceptors (Lipinski definition) is 8. The highest BCUT2D eigenvalue weighted by atomic mass is 32.2. The van der Waals surface area contributed by atoms with E-state index < -0.39 is 19.7 Å². The van der Waals surface area contributed by atoms with Crippen molar-refractivity contribution in [3.63, 3.8) is 0 Å². The molecular weight excluding hydrogens is 508 g/mol. The molecule has 37 heavy (non-hydrogen) atoms. The Hall–Kier alpha value is -3.34. The van der Waals surface area contributed by atoms with Gasteiger partial charge in [0.1, 0.15) is 22.0 Å². The highest BCUT2D eigenvalue weighted by Gasteiger charge is 2.17. The summed E-state index contributed by atoms with van der Waals surface area (Å²) in [7, 11) is -6.51. The monoisotopic (exact) mass is 538 g/mol. The molecular formula is C27H30N4O4S2. The second-order valence-corrected chi connectivity index (χ2v) is 13.1. The summed E-state index contributed by atoms with van der Waals surface area (Å²) in [5.74, 6) is 0.798. The van der Waals surface area contributed by atoms with E-state index in [4.69, 9.17) is 0 Å². The van der Waals surface area contributed by atoms with Crippen molar-refractivity contribution >= 4 is 42.1 Å². The van der Waals surface area contributed by atoms with Gasteiger partial charge in [0, 0.05) is 23.9 Å². The van der Waals surface area contributed by atoms with Crippen molar-refractivity contribution in [1.82, 2.24) is 15.3 Å². The molecule has 0 amide bonds. The summed E-state index contributed by atoms with van der Waals surface area (Å²) in [5.41, 5.74) is 2.69. The molecule has 0 bridgehead atoms. The molecule has 1 aromatic heterocycles. The van der Waals surface area contributed by atoms with E-state index in [1.807, 2.05) is 6.07 Å². The molecule has 0 fully saturated rings. The first kappa shape index (κ1) is 26.7. The van der Waals surface area contributed by atoms with Crippen LogP contribution < -0.4 is 10.6 Å². The number of rotatable bonds is 12. The summed E-state index contributed by atoms with van der Waals surface area (Å²) in [6, 6.07) is 21.1. The molecule has 0 saturated heterocycles. The van der Waals surface area contributed by atoms with E-state index in [1.54, 1.807) is 54.6 Å². The lowest BCUT2D eigenvalue weighted by Crippen LogP contribution is -2.23. The molecule has 0 saturated carbocycles. The minimum Gasteiger partial charge on any atom is -0.340 e. The summed E-state index contributed by atoms with van der Waals surface area (Å²) in [6.07, 6.45) is 5.53. The molecule has 0 radical (unpaired) electrons. The smallest absolute Gasteiger partial charge is 0.206 e. The molecule has 8 nitrogen and oxygen atoms in total. The Kier molecular flexibility index (Phi) is 8.52. The number of nitrogens with one attached hydrogen (secondary N) is 2. The van der Waals surface area contributed by atoms with Gasteiger partial charge >= 0.3 is 0 Å². The van der Waals surface area contributed by atoms with Gasteiger partial charge in [-0.25, -0.2) is 26.8 Å². The van der Waals surface area contributed by atoms with E-state index in [1.165, 1.54) is 12.6 Å². The molecule has 3 aromatic carbocycles. The molecule has 4 rings (SSSR count). The Morgan fingerprint density at radius 1 is 0.784 bits per heavy atom. The Balaban J connectivity index is 1.40. The number of nitrogens with zero attached hydrogens (tertiary/aromatic N) is 2. The van der Waals surface area contributed by atoms with Crippen molar-refractivity contribution in [2.75, 3.05) is 30.4 Å². The maximum atomic E-state index is 12.8. The SMILES string of the molecule is CS(=O)(=O)CCNCCCCc1ccc2ncnc(Nc3ccc(S(=O)(=O)c4ccccc4)cc3)c2c1. The average molecular weight is 539 g/mol. The minimum absolute atomic E-state index is 0.152. The molecule has 0 aliphatic heterocycles. The van der Waals surface area contributed by atoms with Crippen LogP contribution in [0.4, 0.5) is 11.5 Å². The molecule has 2 N–H and O–H groups in total. The lowest BCUT2D eigenvalue weighted by molar-refractivity contribution is 0.591. The average Bonchev–Trinajstić information content (AvgIpc) is 2.88. The molecule has 1 heterocycles. The van der Waals surface area contributed by atoms with Crippen LogP contribution in [0.3, 0.4) is 0 Å². The fraction of sp³-hybridized carbons (Fsp3) is 0.259. The number of sulfone groups is 2. The third-order valence-electron chi connectivity index (χ3n) is 5.90. The zero-order chi connectivity index (χ0) is 26.3. The fourth-order valence-electron chi connectivity index (χ4n) is 3.91. The molecule has 10 heteroatoms. The van der Waals surface area contributed by atoms with Gasteiger partial charge in [-0.1, -0.05) is 24.3 Å². The van der Waals surface area contributed by atoms with E-state index in [2.05, 4.69) is 32.7 Å². The van der Waals surface area contributed by atoms with Gasteiger partial charge in [0.25, 0.3) is 0 Å². The fourth-order valence-corrected chi connectivity index (χ4v) is 5.71. The standard InChI is InChI=1S/C27H30N4O4S2/c1-36(32,33)18-17-28-16-6-5-7-21-10-15-26-25(19-21)27(30-20-29-26)31-22-11-13-24(14-12-22)37(34,35)23-8-3-2-4-9-23/h2-4,8-15,19-20,28H,5-7,16-18H2,1H3,(H,29,30,31). The summed E-state index contributed by atoms with van der Waals surface area (Å²) in [5, 5.41) is 7.34. The van der Waals surface area contributed by atoms with E-state index in [9.17, 15) is 16.8 Å². The second-order valence-electron chi connectivity index (χ2n) is 8.88. The predicted molar refractivity (Wildman–Crippen MR) is 147 cm³/mol. The summed E-state index contributed by atoms with van der Waals surface area (Å²) < 4.78 is 48.1. The van der Waals surface area contributed by atoms with Crippen LogP contribution in [0, 0.1) is 0 Å².